The minimum atomic E-state index is 0.120. The van der Waals surface area contributed by atoms with E-state index in [2.05, 4.69) is 59.5 Å². The lowest BCUT2D eigenvalue weighted by atomic mass is 9.76. The molecule has 0 aliphatic heterocycles. The quantitative estimate of drug-likeness (QED) is 0.624. The number of nitrogens with zero attached hydrogens (tertiary/aromatic N) is 1. The third kappa shape index (κ3) is 2.58. The predicted octanol–water partition coefficient (Wildman–Crippen LogP) is 3.99. The van der Waals surface area contributed by atoms with E-state index in [1.165, 1.54) is 16.8 Å². The second kappa shape index (κ2) is 3.62. The van der Waals surface area contributed by atoms with Crippen molar-refractivity contribution in [1.82, 2.24) is 4.98 Å². The van der Waals surface area contributed by atoms with E-state index >= 15 is 0 Å². The highest BCUT2D eigenvalue weighted by molar-refractivity contribution is 5.38. The lowest BCUT2D eigenvalue weighted by Gasteiger charge is -2.30. The Labute approximate surface area is 93.9 Å². The molecule has 15 heavy (non-hydrogen) atoms. The average molecular weight is 205 g/mol. The maximum Gasteiger partial charge on any atom is 0.0496 e. The summed E-state index contributed by atoms with van der Waals surface area (Å²) < 4.78 is 0. The first-order valence-corrected chi connectivity index (χ1v) is 5.60. The van der Waals surface area contributed by atoms with Gasteiger partial charge in [-0.2, -0.15) is 0 Å². The third-order valence-electron chi connectivity index (χ3n) is 2.62. The Morgan fingerprint density at radius 3 is 1.80 bits per heavy atom. The van der Waals surface area contributed by atoms with Gasteiger partial charge < -0.3 is 0 Å². The third-order valence-corrected chi connectivity index (χ3v) is 2.62. The van der Waals surface area contributed by atoms with Gasteiger partial charge in [0, 0.05) is 17.3 Å². The van der Waals surface area contributed by atoms with Crippen LogP contribution >= 0.6 is 0 Å². The van der Waals surface area contributed by atoms with Gasteiger partial charge in [-0.25, -0.2) is 0 Å². The molecule has 0 radical (unpaired) electrons. The van der Waals surface area contributed by atoms with Crippen molar-refractivity contribution >= 4 is 0 Å². The van der Waals surface area contributed by atoms with Crippen LogP contribution in [-0.2, 0) is 10.8 Å². The average Bonchev–Trinajstić information content (AvgIpc) is 1.99. The topological polar surface area (TPSA) is 12.9 Å². The summed E-state index contributed by atoms with van der Waals surface area (Å²) in [6.07, 6.45) is 1.92. The van der Waals surface area contributed by atoms with Crippen LogP contribution in [-0.4, -0.2) is 4.98 Å². The molecule has 0 spiro atoms. The van der Waals surface area contributed by atoms with Gasteiger partial charge in [-0.05, 0) is 29.5 Å². The highest BCUT2D eigenvalue weighted by Crippen LogP contribution is 2.34. The van der Waals surface area contributed by atoms with Crippen LogP contribution < -0.4 is 0 Å². The van der Waals surface area contributed by atoms with Crippen LogP contribution in [0.2, 0.25) is 0 Å². The molecule has 84 valence electrons. The number of hydrogen-bond acceptors (Lipinski definition) is 1. The maximum absolute atomic E-state index is 4.58. The minimum absolute atomic E-state index is 0.120. The summed E-state index contributed by atoms with van der Waals surface area (Å²) in [4.78, 5) is 4.58. The van der Waals surface area contributed by atoms with Crippen LogP contribution in [0.4, 0.5) is 0 Å². The zero-order valence-corrected chi connectivity index (χ0v) is 11.1. The summed E-state index contributed by atoms with van der Waals surface area (Å²) in [5.74, 6) is 0. The Bertz CT molecular complexity index is 351. The Morgan fingerprint density at radius 2 is 1.47 bits per heavy atom. The first-order valence-electron chi connectivity index (χ1n) is 5.60. The predicted molar refractivity (Wildman–Crippen MR) is 66.4 cm³/mol. The minimum Gasteiger partial charge on any atom is -0.260 e. The molecule has 0 unspecified atom stereocenters. The molecule has 0 saturated carbocycles. The second-order valence-electron chi connectivity index (χ2n) is 6.35. The fourth-order valence-corrected chi connectivity index (χ4v) is 2.07. The first kappa shape index (κ1) is 12.2. The summed E-state index contributed by atoms with van der Waals surface area (Å²) in [6.45, 7) is 15.6. The Morgan fingerprint density at radius 1 is 0.933 bits per heavy atom. The van der Waals surface area contributed by atoms with Crippen molar-refractivity contribution < 1.29 is 0 Å². The zero-order chi connectivity index (χ0) is 11.9. The summed E-state index contributed by atoms with van der Waals surface area (Å²) in [5.41, 5.74) is 4.27. The molecule has 1 rings (SSSR count). The molecule has 0 N–H and O–H groups in total. The normalized spacial score (nSPS) is 13.0. The van der Waals surface area contributed by atoms with E-state index < -0.39 is 0 Å². The zero-order valence-electron chi connectivity index (χ0n) is 11.1. The molecule has 1 aromatic heterocycles. The molecule has 0 aliphatic rings. The van der Waals surface area contributed by atoms with Gasteiger partial charge in [0.25, 0.3) is 0 Å². The Kier molecular flexibility index (Phi) is 2.95. The largest absolute Gasteiger partial charge is 0.260 e. The fraction of sp³-hybridized carbons (Fsp3) is 0.643. The number of aryl methyl sites for hydroxylation is 1. The molecule has 0 bridgehead atoms. The molecule has 0 fully saturated rings. The Hall–Kier alpha value is -0.850. The molecule has 1 nitrogen and oxygen atoms in total. The van der Waals surface area contributed by atoms with Crippen LogP contribution in [0.5, 0.6) is 0 Å². The van der Waals surface area contributed by atoms with E-state index in [0.717, 1.165) is 0 Å². The highest BCUT2D eigenvalue weighted by atomic mass is 14.7. The molecule has 0 saturated heterocycles. The fourth-order valence-electron chi connectivity index (χ4n) is 2.07. The molecule has 0 amide bonds. The van der Waals surface area contributed by atoms with Gasteiger partial charge >= 0.3 is 0 Å². The van der Waals surface area contributed by atoms with Crippen LogP contribution in [0.3, 0.4) is 0 Å². The smallest absolute Gasteiger partial charge is 0.0496 e. The van der Waals surface area contributed by atoms with Gasteiger partial charge in [0.2, 0.25) is 0 Å². The SMILES string of the molecule is Cc1ccnc(C(C)(C)C)c1C(C)(C)C. The Balaban J connectivity index is 3.48. The monoisotopic (exact) mass is 205 g/mol. The lowest BCUT2D eigenvalue weighted by molar-refractivity contribution is 0.511. The van der Waals surface area contributed by atoms with Crippen molar-refractivity contribution in [2.45, 2.75) is 59.3 Å². The van der Waals surface area contributed by atoms with Crippen molar-refractivity contribution in [3.05, 3.63) is 29.1 Å². The van der Waals surface area contributed by atoms with Crippen molar-refractivity contribution in [2.24, 2.45) is 0 Å². The second-order valence-corrected chi connectivity index (χ2v) is 6.35. The van der Waals surface area contributed by atoms with Crippen molar-refractivity contribution in [2.75, 3.05) is 0 Å². The van der Waals surface area contributed by atoms with E-state index in [4.69, 9.17) is 0 Å². The summed E-state index contributed by atoms with van der Waals surface area (Å²) in [5, 5.41) is 0. The van der Waals surface area contributed by atoms with Gasteiger partial charge in [-0.15, -0.1) is 0 Å². The molecule has 1 heteroatoms. The van der Waals surface area contributed by atoms with Gasteiger partial charge in [0.05, 0.1) is 0 Å². The van der Waals surface area contributed by atoms with Crippen LogP contribution in [0.1, 0.15) is 58.4 Å². The summed E-state index contributed by atoms with van der Waals surface area (Å²) in [6, 6.07) is 2.11. The molecular weight excluding hydrogens is 182 g/mol. The molecule has 0 atom stereocenters. The molecule has 0 aromatic carbocycles. The molecule has 0 aliphatic carbocycles. The number of pyridine rings is 1. The number of hydrogen-bond donors (Lipinski definition) is 0. The standard InChI is InChI=1S/C14H23N/c1-10-8-9-15-12(14(5,6)7)11(10)13(2,3)4/h8-9H,1-7H3. The highest BCUT2D eigenvalue weighted by Gasteiger charge is 2.27. The van der Waals surface area contributed by atoms with Crippen molar-refractivity contribution in [3.8, 4) is 0 Å². The lowest BCUT2D eigenvalue weighted by Crippen LogP contribution is -2.24. The summed E-state index contributed by atoms with van der Waals surface area (Å²) in [7, 11) is 0. The number of rotatable bonds is 0. The van der Waals surface area contributed by atoms with E-state index in [1.54, 1.807) is 0 Å². The van der Waals surface area contributed by atoms with Gasteiger partial charge in [-0.1, -0.05) is 41.5 Å². The summed E-state index contributed by atoms with van der Waals surface area (Å²) >= 11 is 0. The van der Waals surface area contributed by atoms with E-state index in [-0.39, 0.29) is 10.8 Å². The van der Waals surface area contributed by atoms with Crippen molar-refractivity contribution in [1.29, 1.82) is 0 Å². The van der Waals surface area contributed by atoms with Crippen LogP contribution in [0.25, 0.3) is 0 Å². The number of aromatic nitrogens is 1. The van der Waals surface area contributed by atoms with E-state index in [9.17, 15) is 0 Å². The maximum atomic E-state index is 4.58. The molecule has 1 heterocycles. The van der Waals surface area contributed by atoms with Gasteiger partial charge in [0.15, 0.2) is 0 Å². The van der Waals surface area contributed by atoms with Crippen LogP contribution in [0.15, 0.2) is 12.3 Å². The van der Waals surface area contributed by atoms with Crippen molar-refractivity contribution in [3.63, 3.8) is 0 Å². The van der Waals surface area contributed by atoms with Gasteiger partial charge in [0.1, 0.15) is 0 Å². The van der Waals surface area contributed by atoms with E-state index in [0.29, 0.717) is 0 Å². The van der Waals surface area contributed by atoms with Crippen LogP contribution in [0, 0.1) is 6.92 Å². The first-order chi connectivity index (χ1) is 6.64. The van der Waals surface area contributed by atoms with E-state index in [1.807, 2.05) is 6.20 Å². The van der Waals surface area contributed by atoms with Gasteiger partial charge in [-0.3, -0.25) is 4.98 Å². The molecule has 1 aromatic rings. The molecular formula is C14H23N.